The number of nitrogens with zero attached hydrogens (tertiary/aromatic N) is 2. The van der Waals surface area contributed by atoms with E-state index < -0.39 is 0 Å². The number of likely N-dealkylation sites (N-methyl/N-ethyl adjacent to an activating group) is 1. The lowest BCUT2D eigenvalue weighted by Crippen LogP contribution is -2.45. The predicted molar refractivity (Wildman–Crippen MR) is 107 cm³/mol. The molecule has 0 heterocycles. The van der Waals surface area contributed by atoms with Gasteiger partial charge in [0, 0.05) is 30.9 Å². The molecular formula is C19H31FN4S. The fourth-order valence-electron chi connectivity index (χ4n) is 2.77. The van der Waals surface area contributed by atoms with E-state index in [0.717, 1.165) is 42.0 Å². The van der Waals surface area contributed by atoms with Gasteiger partial charge in [-0.25, -0.2) is 9.38 Å². The summed E-state index contributed by atoms with van der Waals surface area (Å²) in [4.78, 5) is 7.13. The van der Waals surface area contributed by atoms with Crippen LogP contribution in [-0.2, 0) is 12.3 Å². The van der Waals surface area contributed by atoms with Gasteiger partial charge in [0.1, 0.15) is 5.82 Å². The van der Waals surface area contributed by atoms with E-state index in [1.807, 2.05) is 12.3 Å². The second kappa shape index (κ2) is 10.0. The lowest BCUT2D eigenvalue weighted by molar-refractivity contribution is 0.247. The molecule has 6 heteroatoms. The van der Waals surface area contributed by atoms with Crippen LogP contribution in [0.1, 0.15) is 37.8 Å². The van der Waals surface area contributed by atoms with Gasteiger partial charge in [-0.1, -0.05) is 6.07 Å². The standard InChI is InChI=1S/C19H31FN4S/c1-5-21-19(22-11-14(2)24(3)18-8-9-18)23-12-15-6-7-17(20)10-16(15)13-25-4/h6-7,10,14,18H,5,8-9,11-13H2,1-4H3,(H2,21,22,23). The molecular weight excluding hydrogens is 335 g/mol. The first-order valence-electron chi connectivity index (χ1n) is 9.05. The fraction of sp³-hybridized carbons (Fsp3) is 0.632. The molecule has 1 aromatic carbocycles. The van der Waals surface area contributed by atoms with E-state index in [9.17, 15) is 4.39 Å². The highest BCUT2D eigenvalue weighted by atomic mass is 32.2. The maximum absolute atomic E-state index is 13.5. The molecule has 1 aliphatic carbocycles. The lowest BCUT2D eigenvalue weighted by atomic mass is 10.1. The minimum Gasteiger partial charge on any atom is -0.357 e. The van der Waals surface area contributed by atoms with Crippen molar-refractivity contribution in [1.29, 1.82) is 0 Å². The van der Waals surface area contributed by atoms with Crippen LogP contribution in [0, 0.1) is 5.82 Å². The molecule has 0 spiro atoms. The van der Waals surface area contributed by atoms with Crippen molar-refractivity contribution in [3.05, 3.63) is 35.1 Å². The summed E-state index contributed by atoms with van der Waals surface area (Å²) in [5.41, 5.74) is 2.10. The molecule has 140 valence electrons. The summed E-state index contributed by atoms with van der Waals surface area (Å²) in [7, 11) is 2.20. The average molecular weight is 367 g/mol. The monoisotopic (exact) mass is 366 g/mol. The molecule has 1 aliphatic rings. The molecule has 1 atom stereocenters. The topological polar surface area (TPSA) is 39.7 Å². The van der Waals surface area contributed by atoms with Crippen molar-refractivity contribution in [1.82, 2.24) is 15.5 Å². The maximum atomic E-state index is 13.5. The van der Waals surface area contributed by atoms with Gasteiger partial charge >= 0.3 is 0 Å². The van der Waals surface area contributed by atoms with Crippen LogP contribution in [-0.4, -0.2) is 49.3 Å². The number of nitrogens with one attached hydrogen (secondary N) is 2. The zero-order valence-electron chi connectivity index (χ0n) is 15.8. The van der Waals surface area contributed by atoms with E-state index in [1.54, 1.807) is 17.8 Å². The first kappa shape index (κ1) is 20.0. The molecule has 1 saturated carbocycles. The number of aliphatic imine (C=N–C) groups is 1. The zero-order chi connectivity index (χ0) is 18.2. The summed E-state index contributed by atoms with van der Waals surface area (Å²) < 4.78 is 13.5. The highest BCUT2D eigenvalue weighted by Crippen LogP contribution is 2.26. The van der Waals surface area contributed by atoms with Crippen molar-refractivity contribution in [3.63, 3.8) is 0 Å². The fourth-order valence-corrected chi connectivity index (χ4v) is 3.35. The third kappa shape index (κ3) is 6.51. The van der Waals surface area contributed by atoms with Gasteiger partial charge in [-0.3, -0.25) is 4.90 Å². The van der Waals surface area contributed by atoms with Crippen LogP contribution in [0.25, 0.3) is 0 Å². The quantitative estimate of drug-likeness (QED) is 0.520. The van der Waals surface area contributed by atoms with Crippen molar-refractivity contribution in [2.45, 2.75) is 51.1 Å². The Hall–Kier alpha value is -1.27. The van der Waals surface area contributed by atoms with E-state index in [0.29, 0.717) is 12.6 Å². The van der Waals surface area contributed by atoms with E-state index in [1.165, 1.54) is 18.9 Å². The van der Waals surface area contributed by atoms with Crippen LogP contribution < -0.4 is 10.6 Å². The van der Waals surface area contributed by atoms with E-state index in [2.05, 4.69) is 36.4 Å². The van der Waals surface area contributed by atoms with E-state index in [4.69, 9.17) is 4.99 Å². The molecule has 0 radical (unpaired) electrons. The normalized spacial score (nSPS) is 16.2. The van der Waals surface area contributed by atoms with Crippen molar-refractivity contribution in [2.75, 3.05) is 26.4 Å². The second-order valence-corrected chi connectivity index (χ2v) is 7.53. The van der Waals surface area contributed by atoms with Gasteiger partial charge in [0.25, 0.3) is 0 Å². The van der Waals surface area contributed by atoms with Crippen LogP contribution in [0.2, 0.25) is 0 Å². The van der Waals surface area contributed by atoms with Gasteiger partial charge in [-0.2, -0.15) is 11.8 Å². The van der Waals surface area contributed by atoms with Crippen molar-refractivity contribution in [2.24, 2.45) is 4.99 Å². The molecule has 2 rings (SSSR count). The lowest BCUT2D eigenvalue weighted by Gasteiger charge is -2.25. The average Bonchev–Trinajstić information content (AvgIpc) is 3.43. The Kier molecular flexibility index (Phi) is 8.03. The Morgan fingerprint density at radius 2 is 2.12 bits per heavy atom. The number of hydrogen-bond donors (Lipinski definition) is 2. The number of thioether (sulfide) groups is 1. The summed E-state index contributed by atoms with van der Waals surface area (Å²) >= 11 is 1.70. The summed E-state index contributed by atoms with van der Waals surface area (Å²) in [6.45, 7) is 6.54. The molecule has 2 N–H and O–H groups in total. The number of guanidine groups is 1. The molecule has 4 nitrogen and oxygen atoms in total. The van der Waals surface area contributed by atoms with Crippen LogP contribution in [0.3, 0.4) is 0 Å². The molecule has 25 heavy (non-hydrogen) atoms. The van der Waals surface area contributed by atoms with Crippen LogP contribution in [0.4, 0.5) is 4.39 Å². The van der Waals surface area contributed by atoms with E-state index in [-0.39, 0.29) is 5.82 Å². The van der Waals surface area contributed by atoms with Gasteiger partial charge in [0.05, 0.1) is 6.54 Å². The second-order valence-electron chi connectivity index (χ2n) is 6.67. The van der Waals surface area contributed by atoms with Crippen molar-refractivity contribution < 1.29 is 4.39 Å². The summed E-state index contributed by atoms with van der Waals surface area (Å²) in [6, 6.07) is 6.20. The molecule has 0 amide bonds. The van der Waals surface area contributed by atoms with Gasteiger partial charge in [0.15, 0.2) is 5.96 Å². The van der Waals surface area contributed by atoms with Gasteiger partial charge in [0.2, 0.25) is 0 Å². The molecule has 1 aromatic rings. The van der Waals surface area contributed by atoms with Gasteiger partial charge in [-0.05, 0) is 63.3 Å². The Bertz CT molecular complexity index is 575. The van der Waals surface area contributed by atoms with Crippen molar-refractivity contribution in [3.8, 4) is 0 Å². The molecule has 0 saturated heterocycles. The Morgan fingerprint density at radius 3 is 2.76 bits per heavy atom. The molecule has 0 bridgehead atoms. The van der Waals surface area contributed by atoms with Gasteiger partial charge < -0.3 is 10.6 Å². The highest BCUT2D eigenvalue weighted by Gasteiger charge is 2.28. The number of rotatable bonds is 9. The zero-order valence-corrected chi connectivity index (χ0v) is 16.6. The first-order chi connectivity index (χ1) is 12.0. The van der Waals surface area contributed by atoms with Crippen LogP contribution in [0.15, 0.2) is 23.2 Å². The molecule has 1 fully saturated rings. The molecule has 1 unspecified atom stereocenters. The number of hydrogen-bond acceptors (Lipinski definition) is 3. The minimum atomic E-state index is -0.182. The number of halogens is 1. The van der Waals surface area contributed by atoms with E-state index >= 15 is 0 Å². The number of benzene rings is 1. The third-order valence-corrected chi connectivity index (χ3v) is 5.20. The molecule has 0 aromatic heterocycles. The largest absolute Gasteiger partial charge is 0.357 e. The third-order valence-electron chi connectivity index (χ3n) is 4.60. The van der Waals surface area contributed by atoms with Gasteiger partial charge in [-0.15, -0.1) is 0 Å². The summed E-state index contributed by atoms with van der Waals surface area (Å²) in [5.74, 6) is 1.44. The highest BCUT2D eigenvalue weighted by molar-refractivity contribution is 7.97. The van der Waals surface area contributed by atoms with Crippen LogP contribution >= 0.6 is 11.8 Å². The minimum absolute atomic E-state index is 0.182. The van der Waals surface area contributed by atoms with Crippen molar-refractivity contribution >= 4 is 17.7 Å². The Morgan fingerprint density at radius 1 is 1.36 bits per heavy atom. The Balaban J connectivity index is 1.96. The summed E-state index contributed by atoms with van der Waals surface area (Å²) in [6.07, 6.45) is 4.66. The first-order valence-corrected chi connectivity index (χ1v) is 10.4. The van der Waals surface area contributed by atoms with Crippen LogP contribution in [0.5, 0.6) is 0 Å². The smallest absolute Gasteiger partial charge is 0.191 e. The maximum Gasteiger partial charge on any atom is 0.191 e. The molecule has 0 aliphatic heterocycles. The Labute approximate surface area is 155 Å². The summed E-state index contributed by atoms with van der Waals surface area (Å²) in [5, 5.41) is 6.73. The SMILES string of the molecule is CCNC(=NCc1ccc(F)cc1CSC)NCC(C)N(C)C1CC1. The predicted octanol–water partition coefficient (Wildman–Crippen LogP) is 3.23.